The smallest absolute Gasteiger partial charge is 0.417 e. The van der Waals surface area contributed by atoms with E-state index in [0.717, 1.165) is 28.0 Å². The number of carbonyl (C=O) groups is 1. The fraction of sp³-hybridized carbons (Fsp3) is 0.333. The van der Waals surface area contributed by atoms with Crippen molar-refractivity contribution in [3.8, 4) is 11.4 Å². The number of nitrogens with one attached hydrogen (secondary N) is 1. The van der Waals surface area contributed by atoms with Crippen molar-refractivity contribution < 1.29 is 35.5 Å². The Kier molecular flexibility index (Phi) is 8.29. The van der Waals surface area contributed by atoms with Gasteiger partial charge in [0.1, 0.15) is 6.54 Å². The number of rotatable bonds is 8. The van der Waals surface area contributed by atoms with Crippen LogP contribution in [0.15, 0.2) is 53.8 Å². The maximum absolute atomic E-state index is 14.9. The van der Waals surface area contributed by atoms with E-state index in [1.807, 2.05) is 0 Å². The summed E-state index contributed by atoms with van der Waals surface area (Å²) in [4.78, 5) is 24.0. The van der Waals surface area contributed by atoms with Crippen LogP contribution >= 0.6 is 0 Å². The molecule has 0 amide bonds. The first-order valence-corrected chi connectivity index (χ1v) is 14.1. The van der Waals surface area contributed by atoms with Crippen molar-refractivity contribution >= 4 is 32.8 Å². The predicted molar refractivity (Wildman–Crippen MR) is 146 cm³/mol. The molecule has 0 spiro atoms. The van der Waals surface area contributed by atoms with Gasteiger partial charge in [-0.3, -0.25) is 10.2 Å². The third-order valence-electron chi connectivity index (χ3n) is 6.15. The van der Waals surface area contributed by atoms with Crippen LogP contribution in [0.25, 0.3) is 22.4 Å². The topological polar surface area (TPSA) is 119 Å². The quantitative estimate of drug-likeness (QED) is 0.164. The van der Waals surface area contributed by atoms with Gasteiger partial charge in [0.15, 0.2) is 23.1 Å². The number of pyridine rings is 1. The molecule has 0 unspecified atom stereocenters. The second-order valence-corrected chi connectivity index (χ2v) is 12.1. The molecule has 0 atom stereocenters. The molecule has 42 heavy (non-hydrogen) atoms. The lowest BCUT2D eigenvalue weighted by Crippen LogP contribution is -2.48. The van der Waals surface area contributed by atoms with Crippen LogP contribution in [0.3, 0.4) is 0 Å². The highest BCUT2D eigenvalue weighted by Gasteiger charge is 2.33. The van der Waals surface area contributed by atoms with E-state index >= 15 is 0 Å². The first-order chi connectivity index (χ1) is 19.5. The molecule has 10 nitrogen and oxygen atoms in total. The van der Waals surface area contributed by atoms with Gasteiger partial charge in [-0.1, -0.05) is 17.7 Å². The summed E-state index contributed by atoms with van der Waals surface area (Å²) in [7, 11) is -4.33. The van der Waals surface area contributed by atoms with Crippen LogP contribution in [0, 0.1) is 12.7 Å². The average molecular weight is 609 g/mol. The average Bonchev–Trinajstić information content (AvgIpc) is 3.29. The van der Waals surface area contributed by atoms with Gasteiger partial charge in [0.2, 0.25) is 0 Å². The van der Waals surface area contributed by atoms with Gasteiger partial charge in [-0.05, 0) is 52.8 Å². The van der Waals surface area contributed by atoms with Gasteiger partial charge in [-0.15, -0.1) is 0 Å². The standard InChI is InChI=1S/C27H28F4N6O4S/c1-6-41-22(38)15-37(26(3,4)5)35-24-21(28)13-32-23(34-24)20-14-36(42(39,40)18-9-7-16(2)8-10-18)25-19(20)11-17(12-33-25)27(29,30)31/h7-14H,6,15H2,1-5H3,(H,32,34,35). The Hall–Kier alpha value is -4.11. The molecule has 1 aromatic carbocycles. The molecule has 0 aliphatic carbocycles. The van der Waals surface area contributed by atoms with Crippen LogP contribution in [0.2, 0.25) is 0 Å². The van der Waals surface area contributed by atoms with Crippen molar-refractivity contribution in [1.29, 1.82) is 0 Å². The summed E-state index contributed by atoms with van der Waals surface area (Å²) in [5, 5.41) is 1.14. The van der Waals surface area contributed by atoms with E-state index in [2.05, 4.69) is 20.4 Å². The van der Waals surface area contributed by atoms with E-state index in [-0.39, 0.29) is 40.5 Å². The Bertz CT molecular complexity index is 1730. The maximum atomic E-state index is 14.9. The van der Waals surface area contributed by atoms with E-state index < -0.39 is 44.9 Å². The van der Waals surface area contributed by atoms with Crippen molar-refractivity contribution in [2.75, 3.05) is 18.6 Å². The van der Waals surface area contributed by atoms with Gasteiger partial charge in [0, 0.05) is 28.9 Å². The number of alkyl halides is 3. The fourth-order valence-corrected chi connectivity index (χ4v) is 5.23. The van der Waals surface area contributed by atoms with E-state index in [1.165, 1.54) is 17.1 Å². The number of hydrazine groups is 1. The third-order valence-corrected chi connectivity index (χ3v) is 7.81. The van der Waals surface area contributed by atoms with Crippen LogP contribution < -0.4 is 5.43 Å². The molecule has 4 aromatic rings. The molecule has 3 heterocycles. The number of carbonyl (C=O) groups excluding carboxylic acids is 1. The molecule has 224 valence electrons. The third kappa shape index (κ3) is 6.36. The van der Waals surface area contributed by atoms with Crippen LogP contribution in [-0.4, -0.2) is 57.0 Å². The van der Waals surface area contributed by atoms with Crippen molar-refractivity contribution in [3.05, 3.63) is 65.9 Å². The highest BCUT2D eigenvalue weighted by atomic mass is 32.2. The van der Waals surface area contributed by atoms with Crippen molar-refractivity contribution in [2.45, 2.75) is 51.2 Å². The number of nitrogens with zero attached hydrogens (tertiary/aromatic N) is 5. The van der Waals surface area contributed by atoms with Crippen LogP contribution in [0.5, 0.6) is 0 Å². The highest BCUT2D eigenvalue weighted by Crippen LogP contribution is 2.36. The molecule has 0 aliphatic heterocycles. The summed E-state index contributed by atoms with van der Waals surface area (Å²) < 4.78 is 88.6. The number of aromatic nitrogens is 4. The lowest BCUT2D eigenvalue weighted by Gasteiger charge is -2.35. The molecule has 0 radical (unpaired) electrons. The summed E-state index contributed by atoms with van der Waals surface area (Å²) in [5.41, 5.74) is 1.20. The Morgan fingerprint density at radius 1 is 1.10 bits per heavy atom. The molecular weight excluding hydrogens is 580 g/mol. The predicted octanol–water partition coefficient (Wildman–Crippen LogP) is 5.19. The first kappa shape index (κ1) is 30.8. The number of fused-ring (bicyclic) bond motifs is 1. The highest BCUT2D eigenvalue weighted by molar-refractivity contribution is 7.90. The number of esters is 1. The van der Waals surface area contributed by atoms with E-state index in [9.17, 15) is 30.8 Å². The molecular formula is C27H28F4N6O4S. The van der Waals surface area contributed by atoms with Crippen molar-refractivity contribution in [2.24, 2.45) is 0 Å². The minimum absolute atomic E-state index is 0.125. The summed E-state index contributed by atoms with van der Waals surface area (Å²) in [6.07, 6.45) is -2.42. The van der Waals surface area contributed by atoms with Crippen LogP contribution in [0.1, 0.15) is 38.8 Å². The number of ether oxygens (including phenoxy) is 1. The minimum atomic E-state index is -4.78. The zero-order valence-corrected chi connectivity index (χ0v) is 24.1. The normalized spacial score (nSPS) is 12.6. The zero-order valence-electron chi connectivity index (χ0n) is 23.3. The van der Waals surface area contributed by atoms with Crippen molar-refractivity contribution in [3.63, 3.8) is 0 Å². The van der Waals surface area contributed by atoms with Gasteiger partial charge in [-0.2, -0.15) is 13.2 Å². The summed E-state index contributed by atoms with van der Waals surface area (Å²) in [6, 6.07) is 6.61. The Balaban J connectivity index is 1.89. The molecule has 0 saturated carbocycles. The van der Waals surface area contributed by atoms with Gasteiger partial charge in [-0.25, -0.2) is 36.7 Å². The lowest BCUT2D eigenvalue weighted by atomic mass is 10.1. The molecule has 4 rings (SSSR count). The zero-order chi connectivity index (χ0) is 31.0. The fourth-order valence-electron chi connectivity index (χ4n) is 3.90. The van der Waals surface area contributed by atoms with E-state index in [0.29, 0.717) is 6.20 Å². The molecule has 0 saturated heterocycles. The largest absolute Gasteiger partial charge is 0.465 e. The summed E-state index contributed by atoms with van der Waals surface area (Å²) >= 11 is 0. The monoisotopic (exact) mass is 608 g/mol. The van der Waals surface area contributed by atoms with E-state index in [1.54, 1.807) is 46.8 Å². The lowest BCUT2D eigenvalue weighted by molar-refractivity contribution is -0.145. The van der Waals surface area contributed by atoms with Gasteiger partial charge >= 0.3 is 12.1 Å². The molecule has 0 fully saturated rings. The van der Waals surface area contributed by atoms with Gasteiger partial charge in [0.25, 0.3) is 10.0 Å². The molecule has 3 aromatic heterocycles. The van der Waals surface area contributed by atoms with Crippen molar-refractivity contribution in [1.82, 2.24) is 23.9 Å². The second-order valence-electron chi connectivity index (χ2n) is 10.3. The SMILES string of the molecule is CCOC(=O)CN(Nc1nc(-c2cn(S(=O)(=O)c3ccc(C)cc3)c3ncc(C(F)(F)F)cc23)ncc1F)C(C)(C)C. The molecule has 0 bridgehead atoms. The van der Waals surface area contributed by atoms with E-state index in [4.69, 9.17) is 4.74 Å². The number of hydrogen-bond donors (Lipinski definition) is 1. The van der Waals surface area contributed by atoms with Gasteiger partial charge in [0.05, 0.1) is 23.3 Å². The Morgan fingerprint density at radius 3 is 2.36 bits per heavy atom. The molecule has 15 heteroatoms. The number of hydrogen-bond acceptors (Lipinski definition) is 9. The number of aryl methyl sites for hydroxylation is 1. The van der Waals surface area contributed by atoms with Gasteiger partial charge < -0.3 is 4.74 Å². The van der Waals surface area contributed by atoms with Crippen LogP contribution in [-0.2, 0) is 25.7 Å². The number of benzene rings is 1. The Morgan fingerprint density at radius 2 is 1.76 bits per heavy atom. The molecule has 0 aliphatic rings. The number of halogens is 4. The minimum Gasteiger partial charge on any atom is -0.465 e. The second kappa shape index (κ2) is 11.3. The first-order valence-electron chi connectivity index (χ1n) is 12.7. The number of anilines is 1. The van der Waals surface area contributed by atoms with Crippen LogP contribution in [0.4, 0.5) is 23.4 Å². The summed E-state index contributed by atoms with van der Waals surface area (Å²) in [5.74, 6) is -2.21. The molecule has 1 N–H and O–H groups in total. The Labute approximate surface area is 239 Å². The summed E-state index contributed by atoms with van der Waals surface area (Å²) in [6.45, 7) is 8.48. The maximum Gasteiger partial charge on any atom is 0.417 e.